The van der Waals surface area contributed by atoms with E-state index in [4.69, 9.17) is 0 Å². The van der Waals surface area contributed by atoms with Gasteiger partial charge in [0.25, 0.3) is 0 Å². The number of likely N-dealkylation sites (tertiary alicyclic amines) is 1. The highest BCUT2D eigenvalue weighted by atomic mass is 16.3. The van der Waals surface area contributed by atoms with Gasteiger partial charge >= 0.3 is 0 Å². The van der Waals surface area contributed by atoms with E-state index in [0.717, 1.165) is 19.4 Å². The van der Waals surface area contributed by atoms with Gasteiger partial charge in [0.05, 0.1) is 12.3 Å². The lowest BCUT2D eigenvalue weighted by Crippen LogP contribution is -2.39. The van der Waals surface area contributed by atoms with Crippen molar-refractivity contribution < 1.29 is 10.2 Å². The van der Waals surface area contributed by atoms with Crippen LogP contribution in [0.3, 0.4) is 0 Å². The molecule has 0 bridgehead atoms. The molecular formula is C16H26N2O3. The quantitative estimate of drug-likeness (QED) is 0.869. The van der Waals surface area contributed by atoms with Crippen molar-refractivity contribution in [3.05, 3.63) is 27.7 Å². The van der Waals surface area contributed by atoms with Crippen molar-refractivity contribution in [2.75, 3.05) is 6.54 Å². The standard InChI is InChI=1S/C16H26N2O3/c1-3-12-7-5-6-8-17(12)10-14-16(21)15(20)9-13(11-19)18(14)4-2/h9,12,19,21H,3-8,10-11H2,1-2H3. The molecule has 2 N–H and O–H groups in total. The highest BCUT2D eigenvalue weighted by Gasteiger charge is 2.24. The maximum absolute atomic E-state index is 11.9. The highest BCUT2D eigenvalue weighted by Crippen LogP contribution is 2.24. The zero-order chi connectivity index (χ0) is 15.4. The molecular weight excluding hydrogens is 268 g/mol. The fourth-order valence-corrected chi connectivity index (χ4v) is 3.35. The summed E-state index contributed by atoms with van der Waals surface area (Å²) in [6.45, 7) is 6.15. The molecule has 1 aliphatic heterocycles. The van der Waals surface area contributed by atoms with E-state index in [1.54, 1.807) is 0 Å². The Labute approximate surface area is 125 Å². The third-order valence-corrected chi connectivity index (χ3v) is 4.53. The molecule has 1 aromatic rings. The van der Waals surface area contributed by atoms with Crippen molar-refractivity contribution in [3.8, 4) is 5.75 Å². The van der Waals surface area contributed by atoms with Gasteiger partial charge in [-0.25, -0.2) is 0 Å². The van der Waals surface area contributed by atoms with Crippen molar-refractivity contribution in [2.45, 2.75) is 65.3 Å². The Morgan fingerprint density at radius 3 is 2.71 bits per heavy atom. The maximum Gasteiger partial charge on any atom is 0.223 e. The van der Waals surface area contributed by atoms with Gasteiger partial charge in [-0.1, -0.05) is 13.3 Å². The molecule has 1 aromatic heterocycles. The first-order chi connectivity index (χ1) is 10.1. The second-order valence-corrected chi connectivity index (χ2v) is 5.73. The molecule has 0 amide bonds. The maximum atomic E-state index is 11.9. The van der Waals surface area contributed by atoms with Crippen LogP contribution in [0.25, 0.3) is 0 Å². The molecule has 0 spiro atoms. The lowest BCUT2D eigenvalue weighted by Gasteiger charge is -2.36. The number of piperidine rings is 1. The molecule has 0 aromatic carbocycles. The number of nitrogens with zero attached hydrogens (tertiary/aromatic N) is 2. The van der Waals surface area contributed by atoms with E-state index >= 15 is 0 Å². The molecule has 5 heteroatoms. The van der Waals surface area contributed by atoms with E-state index in [0.29, 0.717) is 30.5 Å². The molecule has 1 unspecified atom stereocenters. The number of hydrogen-bond donors (Lipinski definition) is 2. The first-order valence-electron chi connectivity index (χ1n) is 7.91. The average Bonchev–Trinajstić information content (AvgIpc) is 2.52. The van der Waals surface area contributed by atoms with Crippen molar-refractivity contribution in [2.24, 2.45) is 0 Å². The molecule has 1 atom stereocenters. The molecule has 2 heterocycles. The summed E-state index contributed by atoms with van der Waals surface area (Å²) in [6.07, 6.45) is 4.66. The van der Waals surface area contributed by atoms with Crippen LogP contribution in [0.4, 0.5) is 0 Å². The van der Waals surface area contributed by atoms with Crippen LogP contribution in [0.15, 0.2) is 10.9 Å². The highest BCUT2D eigenvalue weighted by molar-refractivity contribution is 5.30. The van der Waals surface area contributed by atoms with Crippen molar-refractivity contribution in [1.82, 2.24) is 9.47 Å². The summed E-state index contributed by atoms with van der Waals surface area (Å²) in [7, 11) is 0. The van der Waals surface area contributed by atoms with E-state index in [-0.39, 0.29) is 12.4 Å². The minimum atomic E-state index is -0.399. The van der Waals surface area contributed by atoms with Crippen molar-refractivity contribution in [1.29, 1.82) is 0 Å². The Hall–Kier alpha value is -1.33. The predicted octanol–water partition coefficient (Wildman–Crippen LogP) is 1.83. The normalized spacial score (nSPS) is 19.9. The Balaban J connectivity index is 2.37. The van der Waals surface area contributed by atoms with Gasteiger partial charge in [-0.2, -0.15) is 0 Å². The third kappa shape index (κ3) is 3.30. The van der Waals surface area contributed by atoms with Crippen LogP contribution >= 0.6 is 0 Å². The summed E-state index contributed by atoms with van der Waals surface area (Å²) in [4.78, 5) is 14.2. The van der Waals surface area contributed by atoms with Gasteiger partial charge in [0.1, 0.15) is 0 Å². The van der Waals surface area contributed by atoms with Crippen molar-refractivity contribution >= 4 is 0 Å². The molecule has 0 radical (unpaired) electrons. The Morgan fingerprint density at radius 2 is 2.10 bits per heavy atom. The number of hydrogen-bond acceptors (Lipinski definition) is 4. The van der Waals surface area contributed by atoms with Crippen molar-refractivity contribution in [3.63, 3.8) is 0 Å². The molecule has 1 aliphatic rings. The van der Waals surface area contributed by atoms with Gasteiger partial charge in [0, 0.05) is 30.9 Å². The second-order valence-electron chi connectivity index (χ2n) is 5.73. The van der Waals surface area contributed by atoms with Gasteiger partial charge in [0.2, 0.25) is 5.43 Å². The van der Waals surface area contributed by atoms with Gasteiger partial charge < -0.3 is 14.8 Å². The first-order valence-corrected chi connectivity index (χ1v) is 7.91. The van der Waals surface area contributed by atoms with Crippen LogP contribution in [0.1, 0.15) is 50.9 Å². The SMILES string of the molecule is CCC1CCCCN1Cc1c(O)c(=O)cc(CO)n1CC. The summed E-state index contributed by atoms with van der Waals surface area (Å²) in [5.74, 6) is -0.172. The largest absolute Gasteiger partial charge is 0.503 e. The Bertz CT molecular complexity index is 539. The monoisotopic (exact) mass is 294 g/mol. The fraction of sp³-hybridized carbons (Fsp3) is 0.688. The summed E-state index contributed by atoms with van der Waals surface area (Å²) in [5.41, 5.74) is 0.804. The fourth-order valence-electron chi connectivity index (χ4n) is 3.35. The molecule has 2 rings (SSSR count). The molecule has 1 saturated heterocycles. The lowest BCUT2D eigenvalue weighted by molar-refractivity contribution is 0.130. The molecule has 0 aliphatic carbocycles. The summed E-state index contributed by atoms with van der Waals surface area (Å²) in [6, 6.07) is 1.84. The van der Waals surface area contributed by atoms with E-state index < -0.39 is 5.43 Å². The zero-order valence-electron chi connectivity index (χ0n) is 13.0. The average molecular weight is 294 g/mol. The van der Waals surface area contributed by atoms with Gasteiger partial charge in [0.15, 0.2) is 5.75 Å². The molecule has 118 valence electrons. The van der Waals surface area contributed by atoms with E-state index in [2.05, 4.69) is 11.8 Å². The second kappa shape index (κ2) is 7.09. The van der Waals surface area contributed by atoms with E-state index in [1.807, 2.05) is 11.5 Å². The Kier molecular flexibility index (Phi) is 5.42. The summed E-state index contributed by atoms with van der Waals surface area (Å²) in [5, 5.41) is 19.6. The van der Waals surface area contributed by atoms with Crippen LogP contribution in [-0.4, -0.2) is 32.3 Å². The molecule has 0 saturated carbocycles. The molecule has 21 heavy (non-hydrogen) atoms. The van der Waals surface area contributed by atoms with Crippen LogP contribution in [0.2, 0.25) is 0 Å². The number of rotatable bonds is 5. The smallest absolute Gasteiger partial charge is 0.223 e. The van der Waals surface area contributed by atoms with Crippen LogP contribution < -0.4 is 5.43 Å². The summed E-state index contributed by atoms with van der Waals surface area (Å²) >= 11 is 0. The van der Waals surface area contributed by atoms with E-state index in [1.165, 1.54) is 18.9 Å². The molecule has 1 fully saturated rings. The molecule has 5 nitrogen and oxygen atoms in total. The summed E-state index contributed by atoms with van der Waals surface area (Å²) < 4.78 is 1.86. The van der Waals surface area contributed by atoms with Crippen LogP contribution in [-0.2, 0) is 19.7 Å². The topological polar surface area (TPSA) is 65.7 Å². The number of aliphatic hydroxyl groups is 1. The Morgan fingerprint density at radius 1 is 1.33 bits per heavy atom. The number of pyridine rings is 1. The van der Waals surface area contributed by atoms with Crippen LogP contribution in [0, 0.1) is 0 Å². The third-order valence-electron chi connectivity index (χ3n) is 4.53. The zero-order valence-corrected chi connectivity index (χ0v) is 13.0. The van der Waals surface area contributed by atoms with Gasteiger partial charge in [-0.15, -0.1) is 0 Å². The predicted molar refractivity (Wildman–Crippen MR) is 82.3 cm³/mol. The number of aromatic hydroxyl groups is 1. The lowest BCUT2D eigenvalue weighted by atomic mass is 9.99. The number of aliphatic hydroxyl groups excluding tert-OH is 1. The number of aromatic nitrogens is 1. The first kappa shape index (κ1) is 16.0. The minimum Gasteiger partial charge on any atom is -0.503 e. The van der Waals surface area contributed by atoms with Gasteiger partial charge in [-0.05, 0) is 32.7 Å². The van der Waals surface area contributed by atoms with Crippen LogP contribution in [0.5, 0.6) is 5.75 Å². The van der Waals surface area contributed by atoms with E-state index in [9.17, 15) is 15.0 Å². The van der Waals surface area contributed by atoms with Gasteiger partial charge in [-0.3, -0.25) is 9.69 Å². The minimum absolute atomic E-state index is 0.172.